The normalized spacial score (nSPS) is 15.3. The molecule has 15 heterocycles. The van der Waals surface area contributed by atoms with Crippen LogP contribution in [0.4, 0.5) is 0 Å². The monoisotopic (exact) mass is 1710 g/mol. The van der Waals surface area contributed by atoms with Crippen LogP contribution in [0.2, 0.25) is 0 Å². The number of rotatable bonds is 12. The molecule has 15 nitrogen and oxygen atoms in total. The van der Waals surface area contributed by atoms with Gasteiger partial charge in [-0.15, -0.1) is 0 Å². The lowest BCUT2D eigenvalue weighted by Crippen LogP contribution is -2.32. The van der Waals surface area contributed by atoms with Crippen LogP contribution in [0, 0.1) is 48.4 Å². The van der Waals surface area contributed by atoms with Gasteiger partial charge in [-0.25, -0.2) is 47.8 Å². The number of nitrogens with zero attached hydrogens (tertiary/aromatic N) is 10. The van der Waals surface area contributed by atoms with Crippen molar-refractivity contribution in [3.05, 3.63) is 298 Å². The minimum atomic E-state index is -2.76. The molecule has 0 radical (unpaired) electrons. The van der Waals surface area contributed by atoms with Gasteiger partial charge in [0.2, 0.25) is 57.0 Å². The van der Waals surface area contributed by atoms with Crippen molar-refractivity contribution >= 4 is 110 Å². The first-order valence-corrected chi connectivity index (χ1v) is 43.1. The number of aromatic nitrogens is 10. The van der Waals surface area contributed by atoms with Crippen LogP contribution < -0.4 is 22.8 Å². The van der Waals surface area contributed by atoms with Gasteiger partial charge in [0, 0.05) is 165 Å². The van der Waals surface area contributed by atoms with Crippen LogP contribution in [0.25, 0.3) is 167 Å². The smallest absolute Gasteiger partial charge is 0.227 e. The summed E-state index contributed by atoms with van der Waals surface area (Å²) in [7, 11) is 9.64. The summed E-state index contributed by atoms with van der Waals surface area (Å²) in [6.45, 7) is 25.5. The third-order valence-electron chi connectivity index (χ3n) is 24.3. The van der Waals surface area contributed by atoms with Crippen LogP contribution >= 0.6 is 0 Å². The first-order chi connectivity index (χ1) is 67.0. The van der Waals surface area contributed by atoms with Gasteiger partial charge in [-0.05, 0) is 206 Å². The second-order valence-electron chi connectivity index (χ2n) is 34.8. The molecule has 128 heavy (non-hydrogen) atoms. The molecule has 20 aromatic rings. The van der Waals surface area contributed by atoms with E-state index in [0.717, 1.165) is 166 Å². The molecule has 15 aromatic heterocycles. The molecule has 5 aromatic carbocycles. The van der Waals surface area contributed by atoms with Crippen LogP contribution in [-0.2, 0) is 35.2 Å². The number of hydrogen-bond donors (Lipinski definition) is 0. The third kappa shape index (κ3) is 16.8. The summed E-state index contributed by atoms with van der Waals surface area (Å²) in [5, 5.41) is 9.62. The standard InChI is InChI=1S/C25H29N2O.C24H27N2O.C22H23N2O.2C21H21N2O/c1-14(2)20-12-22(27(7)13-17(20)6)23-16(5)8-9-18-19-10-11-21(15(3)4)26-25(19)28-24(18)23;1-14(2)17-11-12-26(6)21(13-17)22-16(5)7-8-18-19-9-10-20(15(3)4)25-24(19)27-23(18)22;1-13(2)16-10-11-24(5)19(12-16)20-14(3)6-8-17-18-9-7-15(4)23-22(18)25-21(17)20;2*1-13(2)15-9-11-23(4)18(12-15)19-14(3)7-8-16-17-6-5-10-22-21(17)24-20(16)19/h8-15H,1-7H3;7-15H,1-6H3;6-13H,1-5H3;2*5-13H,1-4H3/q5*+1/i1D3,6D3,14D,15D;14D,15D;13D;1D3,13D;13D. The molecule has 0 saturated heterocycles. The van der Waals surface area contributed by atoms with Crippen molar-refractivity contribution in [2.45, 2.75) is 186 Å². The summed E-state index contributed by atoms with van der Waals surface area (Å²) in [5.41, 5.74) is 26.1. The lowest BCUT2D eigenvalue weighted by Gasteiger charge is -2.12. The molecule has 0 amide bonds. The Bertz CT molecular complexity index is 8480. The summed E-state index contributed by atoms with van der Waals surface area (Å²) < 4.78 is 171. The average molecular weight is 1720 g/mol. The number of aryl methyl sites for hydroxylation is 12. The summed E-state index contributed by atoms with van der Waals surface area (Å²) in [6, 6.07) is 57.2. The number of hydrogen-bond acceptors (Lipinski definition) is 10. The Labute approximate surface area is 774 Å². The molecular formula is C113H121N10O5+5. The largest absolute Gasteiger partial charge is 0.437 e. The summed E-state index contributed by atoms with van der Waals surface area (Å²) in [4.78, 5) is 22.4. The molecule has 2 unspecified atom stereocenters. The number of fused-ring (bicyclic) bond motifs is 15. The Morgan fingerprint density at radius 2 is 0.570 bits per heavy atom. The molecule has 2 atom stereocenters. The Balaban J connectivity index is 0.000000130. The van der Waals surface area contributed by atoms with E-state index in [-0.39, 0.29) is 11.1 Å². The predicted octanol–water partition coefficient (Wildman–Crippen LogP) is 27.4. The van der Waals surface area contributed by atoms with E-state index in [2.05, 4.69) is 120 Å². The Morgan fingerprint density at radius 3 is 0.883 bits per heavy atom. The van der Waals surface area contributed by atoms with Gasteiger partial charge < -0.3 is 22.1 Å². The second-order valence-corrected chi connectivity index (χ2v) is 34.8. The first-order valence-electron chi connectivity index (χ1n) is 51.1. The van der Waals surface area contributed by atoms with Crippen LogP contribution in [0.5, 0.6) is 0 Å². The van der Waals surface area contributed by atoms with E-state index >= 15 is 0 Å². The molecule has 0 fully saturated rings. The summed E-state index contributed by atoms with van der Waals surface area (Å²) >= 11 is 0. The van der Waals surface area contributed by atoms with Crippen molar-refractivity contribution in [2.75, 3.05) is 0 Å². The molecule has 0 N–H and O–H groups in total. The predicted molar refractivity (Wildman–Crippen MR) is 522 cm³/mol. The zero-order chi connectivity index (χ0) is 105. The Hall–Kier alpha value is -13.4. The molecule has 0 bridgehead atoms. The third-order valence-corrected chi connectivity index (χ3v) is 24.3. The maximum atomic E-state index is 8.68. The topological polar surface area (TPSA) is 150 Å². The van der Waals surface area contributed by atoms with E-state index in [1.54, 1.807) is 62.3 Å². The highest BCUT2D eigenvalue weighted by Gasteiger charge is 2.30. The fourth-order valence-corrected chi connectivity index (χ4v) is 16.9. The van der Waals surface area contributed by atoms with E-state index < -0.39 is 61.8 Å². The Kier molecular flexibility index (Phi) is 19.5. The van der Waals surface area contributed by atoms with Gasteiger partial charge in [0.15, 0.2) is 58.9 Å². The minimum absolute atomic E-state index is 0.0838. The Morgan fingerprint density at radius 1 is 0.281 bits per heavy atom. The van der Waals surface area contributed by atoms with Crippen molar-refractivity contribution in [3.63, 3.8) is 0 Å². The molecule has 0 aliphatic carbocycles. The van der Waals surface area contributed by atoms with Gasteiger partial charge in [-0.2, -0.15) is 0 Å². The number of pyridine rings is 10. The van der Waals surface area contributed by atoms with Crippen LogP contribution in [0.15, 0.2) is 241 Å². The van der Waals surface area contributed by atoms with E-state index in [0.29, 0.717) is 67.9 Å². The van der Waals surface area contributed by atoms with Gasteiger partial charge >= 0.3 is 0 Å². The molecule has 15 heteroatoms. The zero-order valence-corrected chi connectivity index (χ0v) is 77.3. The average Bonchev–Trinajstić information content (AvgIpc) is 1.07. The molecule has 0 aliphatic heterocycles. The van der Waals surface area contributed by atoms with E-state index in [1.807, 2.05) is 219 Å². The molecular weight excluding hydrogens is 1580 g/mol. The fourth-order valence-electron chi connectivity index (χ4n) is 16.9. The second kappa shape index (κ2) is 35.8. The van der Waals surface area contributed by atoms with Gasteiger partial charge in [0.05, 0.1) is 27.8 Å². The molecule has 648 valence electrons. The first kappa shape index (κ1) is 69.8. The van der Waals surface area contributed by atoms with Gasteiger partial charge in [0.1, 0.15) is 35.2 Å². The van der Waals surface area contributed by atoms with Crippen LogP contribution in [0.3, 0.4) is 0 Å². The van der Waals surface area contributed by atoms with Crippen molar-refractivity contribution in [1.29, 1.82) is 0 Å². The maximum Gasteiger partial charge on any atom is 0.227 e. The highest BCUT2D eigenvalue weighted by atomic mass is 16.4. The van der Waals surface area contributed by atoms with Crippen molar-refractivity contribution < 1.29 is 66.9 Å². The van der Waals surface area contributed by atoms with E-state index in [4.69, 9.17) is 44.0 Å². The van der Waals surface area contributed by atoms with E-state index in [9.17, 15) is 0 Å². The summed E-state index contributed by atoms with van der Waals surface area (Å²) in [6.07, 6.45) is 12.7. The molecule has 0 saturated carbocycles. The van der Waals surface area contributed by atoms with E-state index in [1.165, 1.54) is 26.1 Å². The maximum absolute atomic E-state index is 8.68. The van der Waals surface area contributed by atoms with Gasteiger partial charge in [-0.1, -0.05) is 157 Å². The minimum Gasteiger partial charge on any atom is -0.437 e. The SMILES string of the molecule is [2H]C(C)(C)c1cc[n+](C)c(-c2c(C)ccc3c2oc2nc(C([2H])(C)C)ccc23)c1.[2H]C(C)(C)c1cc[n+](C)c(-c2c(C)ccc3c2oc2nc(C)ccc23)c1.[2H]C(C)(C)c1cc[n+](C)c(-c2c(C)ccc3c2oc2ncccc23)c1.[2H]C([2H])([2H])C([2H])(C)c1cc[n+](C)c(-c2c(C)ccc3c2oc2ncccc23)c1.[2H]C([2H])([2H])c1c[n+](C)c(-c2c(C)ccc3c2oc2nc(C([2H])(C)C)ccc23)cc1C([2H])(C)C([2H])([2H])[2H]. The fraction of sp³-hybridized carbons (Fsp3) is 0.292. The highest BCUT2D eigenvalue weighted by Crippen LogP contribution is 2.44. The highest BCUT2D eigenvalue weighted by molar-refractivity contribution is 6.13. The van der Waals surface area contributed by atoms with Gasteiger partial charge in [0.25, 0.3) is 0 Å². The summed E-state index contributed by atoms with van der Waals surface area (Å²) in [5.74, 6) is -7.57. The van der Waals surface area contributed by atoms with Crippen LogP contribution in [-0.4, -0.2) is 24.9 Å². The number of benzene rings is 5. The molecule has 0 aliphatic rings. The lowest BCUT2D eigenvalue weighted by atomic mass is 9.94. The zero-order valence-electron chi connectivity index (χ0n) is 93.3. The van der Waals surface area contributed by atoms with Crippen molar-refractivity contribution in [3.8, 4) is 56.3 Å². The van der Waals surface area contributed by atoms with Crippen LogP contribution in [0.1, 0.15) is 238 Å². The molecule has 20 rings (SSSR count). The van der Waals surface area contributed by atoms with Crippen molar-refractivity contribution in [2.24, 2.45) is 35.2 Å². The number of furan rings is 5. The molecule has 0 spiro atoms. The lowest BCUT2D eigenvalue weighted by molar-refractivity contribution is -0.660. The van der Waals surface area contributed by atoms with Crippen molar-refractivity contribution in [1.82, 2.24) is 24.9 Å². The van der Waals surface area contributed by atoms with Gasteiger partial charge in [-0.3, -0.25) is 0 Å². The quantitative estimate of drug-likeness (QED) is 0.108.